The molecule has 3 heteroatoms. The summed E-state index contributed by atoms with van der Waals surface area (Å²) in [5, 5.41) is 3.16. The van der Waals surface area contributed by atoms with Gasteiger partial charge in [0.15, 0.2) is 6.29 Å². The molecule has 0 saturated heterocycles. The standard InChI is InChI=1S/C10H7NO.C9H7N/c12-7-10-9-4-2-1-3-8(9)5-6-11-10;1-2-6-9-8(4-1)5-3-7-10-9/h1-7H;1-7H. The van der Waals surface area contributed by atoms with Crippen molar-refractivity contribution in [3.8, 4) is 0 Å². The van der Waals surface area contributed by atoms with Gasteiger partial charge in [0, 0.05) is 23.2 Å². The lowest BCUT2D eigenvalue weighted by Crippen LogP contribution is -1.86. The maximum atomic E-state index is 10.6. The van der Waals surface area contributed by atoms with Crippen LogP contribution in [-0.4, -0.2) is 16.3 Å². The fourth-order valence-electron chi connectivity index (χ4n) is 2.25. The van der Waals surface area contributed by atoms with Crippen LogP contribution in [0, 0.1) is 0 Å². The first-order valence-electron chi connectivity index (χ1n) is 6.97. The van der Waals surface area contributed by atoms with Gasteiger partial charge in [-0.15, -0.1) is 0 Å². The van der Waals surface area contributed by atoms with E-state index in [-0.39, 0.29) is 0 Å². The van der Waals surface area contributed by atoms with Crippen LogP contribution in [0.4, 0.5) is 0 Å². The third-order valence-corrected chi connectivity index (χ3v) is 3.33. The Kier molecular flexibility index (Phi) is 4.16. The van der Waals surface area contributed by atoms with Crippen molar-refractivity contribution in [1.82, 2.24) is 9.97 Å². The Hall–Kier alpha value is -3.07. The molecule has 106 valence electrons. The largest absolute Gasteiger partial charge is 0.296 e. The lowest BCUT2D eigenvalue weighted by Gasteiger charge is -1.97. The second kappa shape index (κ2) is 6.59. The van der Waals surface area contributed by atoms with Crippen molar-refractivity contribution in [2.75, 3.05) is 0 Å². The Morgan fingerprint density at radius 3 is 2.23 bits per heavy atom. The molecule has 2 aromatic carbocycles. The molecule has 0 N–H and O–H groups in total. The van der Waals surface area contributed by atoms with Crippen LogP contribution in [0.15, 0.2) is 79.1 Å². The van der Waals surface area contributed by atoms with Crippen molar-refractivity contribution in [3.63, 3.8) is 0 Å². The first kappa shape index (κ1) is 13.9. The predicted octanol–water partition coefficient (Wildman–Crippen LogP) is 4.28. The highest BCUT2D eigenvalue weighted by Crippen LogP contribution is 2.14. The van der Waals surface area contributed by atoms with E-state index in [4.69, 9.17) is 0 Å². The molecule has 0 saturated carbocycles. The van der Waals surface area contributed by atoms with Gasteiger partial charge in [-0.05, 0) is 23.6 Å². The van der Waals surface area contributed by atoms with Gasteiger partial charge in [-0.1, -0.05) is 48.5 Å². The number of carbonyl (C=O) groups is 1. The number of benzene rings is 2. The number of carbonyl (C=O) groups excluding carboxylic acids is 1. The molecule has 0 amide bonds. The number of pyridine rings is 2. The molecular weight excluding hydrogens is 272 g/mol. The van der Waals surface area contributed by atoms with Crippen molar-refractivity contribution in [2.45, 2.75) is 0 Å². The first-order valence-corrected chi connectivity index (χ1v) is 6.97. The smallest absolute Gasteiger partial charge is 0.169 e. The maximum Gasteiger partial charge on any atom is 0.169 e. The van der Waals surface area contributed by atoms with E-state index in [0.29, 0.717) is 5.69 Å². The molecule has 0 fully saturated rings. The average molecular weight is 286 g/mol. The second-order valence-corrected chi connectivity index (χ2v) is 4.73. The molecule has 4 rings (SSSR count). The van der Waals surface area contributed by atoms with Gasteiger partial charge in [0.2, 0.25) is 0 Å². The molecule has 0 atom stereocenters. The number of aldehydes is 1. The maximum absolute atomic E-state index is 10.6. The number of fused-ring (bicyclic) bond motifs is 2. The Labute approximate surface area is 128 Å². The minimum absolute atomic E-state index is 0.508. The summed E-state index contributed by atoms with van der Waals surface area (Å²) in [6.45, 7) is 0. The molecular formula is C19H14N2O. The zero-order valence-corrected chi connectivity index (χ0v) is 11.9. The van der Waals surface area contributed by atoms with Crippen LogP contribution in [0.5, 0.6) is 0 Å². The zero-order valence-electron chi connectivity index (χ0n) is 11.9. The molecule has 0 unspecified atom stereocenters. The average Bonchev–Trinajstić information content (AvgIpc) is 2.62. The Morgan fingerprint density at radius 2 is 1.41 bits per heavy atom. The summed E-state index contributed by atoms with van der Waals surface area (Å²) < 4.78 is 0. The van der Waals surface area contributed by atoms with E-state index in [2.05, 4.69) is 22.1 Å². The van der Waals surface area contributed by atoms with E-state index in [9.17, 15) is 4.79 Å². The normalized spacial score (nSPS) is 10.0. The molecule has 0 spiro atoms. The van der Waals surface area contributed by atoms with E-state index in [0.717, 1.165) is 22.6 Å². The van der Waals surface area contributed by atoms with Crippen LogP contribution < -0.4 is 0 Å². The monoisotopic (exact) mass is 286 g/mol. The number of para-hydroxylation sites is 1. The van der Waals surface area contributed by atoms with Gasteiger partial charge < -0.3 is 0 Å². The highest BCUT2D eigenvalue weighted by molar-refractivity contribution is 5.95. The Morgan fingerprint density at radius 1 is 0.682 bits per heavy atom. The van der Waals surface area contributed by atoms with Crippen molar-refractivity contribution in [1.29, 1.82) is 0 Å². The number of aromatic nitrogens is 2. The topological polar surface area (TPSA) is 42.9 Å². The lowest BCUT2D eigenvalue weighted by atomic mass is 10.1. The molecule has 0 aliphatic heterocycles. The molecule has 3 nitrogen and oxygen atoms in total. The molecule has 4 aromatic rings. The van der Waals surface area contributed by atoms with Gasteiger partial charge >= 0.3 is 0 Å². The van der Waals surface area contributed by atoms with Gasteiger partial charge in [0.25, 0.3) is 0 Å². The summed E-state index contributed by atoms with van der Waals surface area (Å²) >= 11 is 0. The van der Waals surface area contributed by atoms with Crippen LogP contribution in [-0.2, 0) is 0 Å². The fourth-order valence-corrected chi connectivity index (χ4v) is 2.25. The van der Waals surface area contributed by atoms with Gasteiger partial charge in [-0.3, -0.25) is 14.8 Å². The van der Waals surface area contributed by atoms with Gasteiger partial charge in [0.1, 0.15) is 5.69 Å². The summed E-state index contributed by atoms with van der Waals surface area (Å²) in [6.07, 6.45) is 4.23. The SMILES string of the molecule is O=Cc1nccc2ccccc12.c1ccc2ncccc2c1. The van der Waals surface area contributed by atoms with Crippen molar-refractivity contribution < 1.29 is 4.79 Å². The van der Waals surface area contributed by atoms with E-state index >= 15 is 0 Å². The van der Waals surface area contributed by atoms with Gasteiger partial charge in [0.05, 0.1) is 5.52 Å². The minimum Gasteiger partial charge on any atom is -0.296 e. The van der Waals surface area contributed by atoms with E-state index in [1.807, 2.05) is 60.8 Å². The van der Waals surface area contributed by atoms with E-state index < -0.39 is 0 Å². The van der Waals surface area contributed by atoms with Crippen LogP contribution in [0.25, 0.3) is 21.7 Å². The summed E-state index contributed by atoms with van der Waals surface area (Å²) in [4.78, 5) is 18.7. The van der Waals surface area contributed by atoms with Crippen LogP contribution in [0.1, 0.15) is 10.5 Å². The summed E-state index contributed by atoms with van der Waals surface area (Å²) in [5.74, 6) is 0. The first-order chi connectivity index (χ1) is 10.9. The van der Waals surface area contributed by atoms with Crippen LogP contribution >= 0.6 is 0 Å². The van der Waals surface area contributed by atoms with Crippen LogP contribution in [0.3, 0.4) is 0 Å². The summed E-state index contributed by atoms with van der Waals surface area (Å²) in [6, 6.07) is 21.7. The molecule has 2 heterocycles. The number of nitrogens with zero attached hydrogens (tertiary/aromatic N) is 2. The molecule has 0 radical (unpaired) electrons. The van der Waals surface area contributed by atoms with Crippen LogP contribution in [0.2, 0.25) is 0 Å². The number of rotatable bonds is 1. The van der Waals surface area contributed by atoms with E-state index in [1.54, 1.807) is 6.20 Å². The van der Waals surface area contributed by atoms with Crippen molar-refractivity contribution in [2.24, 2.45) is 0 Å². The summed E-state index contributed by atoms with van der Waals surface area (Å²) in [5.41, 5.74) is 1.57. The molecule has 0 aliphatic rings. The third-order valence-electron chi connectivity index (χ3n) is 3.33. The quantitative estimate of drug-likeness (QED) is 0.490. The fraction of sp³-hybridized carbons (Fsp3) is 0. The molecule has 22 heavy (non-hydrogen) atoms. The molecule has 0 bridgehead atoms. The Balaban J connectivity index is 0.000000133. The summed E-state index contributed by atoms with van der Waals surface area (Å²) in [7, 11) is 0. The van der Waals surface area contributed by atoms with Gasteiger partial charge in [-0.2, -0.15) is 0 Å². The van der Waals surface area contributed by atoms with Crippen molar-refractivity contribution >= 4 is 28.0 Å². The minimum atomic E-state index is 0.508. The van der Waals surface area contributed by atoms with E-state index in [1.165, 1.54) is 5.39 Å². The van der Waals surface area contributed by atoms with Crippen molar-refractivity contribution in [3.05, 3.63) is 84.8 Å². The number of hydrogen-bond acceptors (Lipinski definition) is 3. The predicted molar refractivity (Wildman–Crippen MR) is 88.9 cm³/mol. The lowest BCUT2D eigenvalue weighted by molar-refractivity contribution is 0.112. The third kappa shape index (κ3) is 2.99. The molecule has 0 aliphatic carbocycles. The highest BCUT2D eigenvalue weighted by Gasteiger charge is 1.97. The highest BCUT2D eigenvalue weighted by atomic mass is 16.1. The zero-order chi connectivity index (χ0) is 15.2. The second-order valence-electron chi connectivity index (χ2n) is 4.73. The van der Waals surface area contributed by atoms with Gasteiger partial charge in [-0.25, -0.2) is 0 Å². The molecule has 2 aromatic heterocycles. The number of hydrogen-bond donors (Lipinski definition) is 0. The Bertz CT molecular complexity index is 848.